The predicted octanol–water partition coefficient (Wildman–Crippen LogP) is 2.64. The number of hydrogen-bond acceptors (Lipinski definition) is 3. The van der Waals surface area contributed by atoms with Gasteiger partial charge < -0.3 is 10.2 Å². The van der Waals surface area contributed by atoms with Crippen LogP contribution in [0.4, 0.5) is 20.4 Å². The van der Waals surface area contributed by atoms with Gasteiger partial charge in [0.15, 0.2) is 23.3 Å². The van der Waals surface area contributed by atoms with Crippen LogP contribution in [0.5, 0.6) is 0 Å². The van der Waals surface area contributed by atoms with Crippen LogP contribution in [0.2, 0.25) is 0 Å². The molecule has 0 radical (unpaired) electrons. The minimum Gasteiger partial charge on any atom is -0.368 e. The molecule has 3 nitrogen and oxygen atoms in total. The molecule has 0 bridgehead atoms. The maximum Gasteiger partial charge on any atom is 0.168 e. The average molecular weight is 229 g/mol. The highest BCUT2D eigenvalue weighted by Gasteiger charge is 2.13. The molecule has 0 aromatic carbocycles. The fourth-order valence-electron chi connectivity index (χ4n) is 1.24. The van der Waals surface area contributed by atoms with Crippen molar-refractivity contribution >= 4 is 11.6 Å². The zero-order valence-corrected chi connectivity index (χ0v) is 9.85. The van der Waals surface area contributed by atoms with Crippen molar-refractivity contribution in [3.05, 3.63) is 17.7 Å². The van der Waals surface area contributed by atoms with Gasteiger partial charge in [0, 0.05) is 26.2 Å². The molecule has 0 fully saturated rings. The van der Waals surface area contributed by atoms with E-state index in [-0.39, 0.29) is 11.6 Å². The van der Waals surface area contributed by atoms with E-state index in [1.54, 1.807) is 11.9 Å². The van der Waals surface area contributed by atoms with Crippen LogP contribution in [0.15, 0.2) is 6.07 Å². The molecular formula is C11H17F2N3. The number of nitrogens with zero attached hydrogens (tertiary/aromatic N) is 2. The number of aromatic nitrogens is 1. The summed E-state index contributed by atoms with van der Waals surface area (Å²) in [6, 6.07) is 0.868. The topological polar surface area (TPSA) is 28.2 Å². The average Bonchev–Trinajstić information content (AvgIpc) is 2.27. The normalized spacial score (nSPS) is 10.3. The van der Waals surface area contributed by atoms with Crippen molar-refractivity contribution in [2.75, 3.05) is 30.4 Å². The van der Waals surface area contributed by atoms with E-state index in [1.807, 2.05) is 13.8 Å². The van der Waals surface area contributed by atoms with Crippen LogP contribution in [-0.2, 0) is 0 Å². The van der Waals surface area contributed by atoms with Gasteiger partial charge in [0.2, 0.25) is 0 Å². The van der Waals surface area contributed by atoms with E-state index in [9.17, 15) is 8.78 Å². The van der Waals surface area contributed by atoms with Gasteiger partial charge in [0.05, 0.1) is 0 Å². The Labute approximate surface area is 94.5 Å². The van der Waals surface area contributed by atoms with Crippen LogP contribution < -0.4 is 10.2 Å². The molecule has 0 atom stereocenters. The molecule has 16 heavy (non-hydrogen) atoms. The predicted molar refractivity (Wildman–Crippen MR) is 61.9 cm³/mol. The number of hydrogen-bond donors (Lipinski definition) is 1. The van der Waals surface area contributed by atoms with E-state index < -0.39 is 11.6 Å². The maximum atomic E-state index is 13.4. The van der Waals surface area contributed by atoms with Crippen molar-refractivity contribution in [2.45, 2.75) is 20.3 Å². The van der Waals surface area contributed by atoms with Gasteiger partial charge in [-0.15, -0.1) is 0 Å². The van der Waals surface area contributed by atoms with Crippen molar-refractivity contribution in [3.63, 3.8) is 0 Å². The lowest BCUT2D eigenvalue weighted by Crippen LogP contribution is -2.20. The second-order valence-electron chi connectivity index (χ2n) is 3.57. The van der Waals surface area contributed by atoms with Crippen molar-refractivity contribution in [1.29, 1.82) is 0 Å². The van der Waals surface area contributed by atoms with Gasteiger partial charge in [-0.2, -0.15) is 0 Å². The summed E-state index contributed by atoms with van der Waals surface area (Å²) < 4.78 is 26.8. The lowest BCUT2D eigenvalue weighted by Gasteiger charge is -2.17. The molecule has 0 spiro atoms. The summed E-state index contributed by atoms with van der Waals surface area (Å²) in [7, 11) is 1.72. The quantitative estimate of drug-likeness (QED) is 0.841. The van der Waals surface area contributed by atoms with E-state index in [0.29, 0.717) is 13.1 Å². The van der Waals surface area contributed by atoms with E-state index in [2.05, 4.69) is 10.3 Å². The Morgan fingerprint density at radius 3 is 2.56 bits per heavy atom. The van der Waals surface area contributed by atoms with Crippen LogP contribution in [0, 0.1) is 11.6 Å². The molecule has 1 heterocycles. The molecule has 1 rings (SSSR count). The second-order valence-corrected chi connectivity index (χ2v) is 3.57. The Bertz CT molecular complexity index is 355. The summed E-state index contributed by atoms with van der Waals surface area (Å²) in [6.45, 7) is 5.07. The number of halogens is 2. The Balaban J connectivity index is 3.01. The fraction of sp³-hybridized carbons (Fsp3) is 0.545. The highest BCUT2D eigenvalue weighted by atomic mass is 19.1. The first-order valence-corrected chi connectivity index (χ1v) is 5.41. The standard InChI is InChI=1S/C11H17F2N3/c1-4-6-14-10-8(12)7-9(13)11(15-10)16(3)5-2/h7H,4-6H2,1-3H3,(H,14,15). The van der Waals surface area contributed by atoms with Gasteiger partial charge in [-0.1, -0.05) is 6.92 Å². The zero-order chi connectivity index (χ0) is 12.1. The zero-order valence-electron chi connectivity index (χ0n) is 9.85. The third-order valence-electron chi connectivity index (χ3n) is 2.29. The summed E-state index contributed by atoms with van der Waals surface area (Å²) in [4.78, 5) is 5.58. The van der Waals surface area contributed by atoms with E-state index in [1.165, 1.54) is 0 Å². The van der Waals surface area contributed by atoms with Crippen LogP contribution in [0.25, 0.3) is 0 Å². The first-order valence-electron chi connectivity index (χ1n) is 5.41. The maximum absolute atomic E-state index is 13.4. The van der Waals surface area contributed by atoms with Crippen LogP contribution in [0.1, 0.15) is 20.3 Å². The summed E-state index contributed by atoms with van der Waals surface area (Å²) in [5.41, 5.74) is 0. The number of anilines is 2. The third kappa shape index (κ3) is 2.81. The highest BCUT2D eigenvalue weighted by molar-refractivity contribution is 5.48. The van der Waals surface area contributed by atoms with Crippen LogP contribution >= 0.6 is 0 Å². The molecule has 1 aromatic rings. The number of pyridine rings is 1. The summed E-state index contributed by atoms with van der Waals surface area (Å²) >= 11 is 0. The van der Waals surface area contributed by atoms with Gasteiger partial charge in [-0.3, -0.25) is 0 Å². The SMILES string of the molecule is CCCNc1nc(N(C)CC)c(F)cc1F. The molecular weight excluding hydrogens is 212 g/mol. The molecule has 0 amide bonds. The molecule has 0 aliphatic heterocycles. The monoisotopic (exact) mass is 229 g/mol. The third-order valence-corrected chi connectivity index (χ3v) is 2.29. The fourth-order valence-corrected chi connectivity index (χ4v) is 1.24. The van der Waals surface area contributed by atoms with Crippen LogP contribution in [-0.4, -0.2) is 25.1 Å². The number of nitrogens with one attached hydrogen (secondary N) is 1. The molecule has 0 aliphatic carbocycles. The van der Waals surface area contributed by atoms with Crippen molar-refractivity contribution in [2.24, 2.45) is 0 Å². The van der Waals surface area contributed by atoms with Gasteiger partial charge in [-0.25, -0.2) is 13.8 Å². The highest BCUT2D eigenvalue weighted by Crippen LogP contribution is 2.21. The van der Waals surface area contributed by atoms with Crippen molar-refractivity contribution in [3.8, 4) is 0 Å². The minimum absolute atomic E-state index is 0.110. The van der Waals surface area contributed by atoms with Gasteiger partial charge in [0.1, 0.15) is 0 Å². The van der Waals surface area contributed by atoms with Crippen molar-refractivity contribution < 1.29 is 8.78 Å². The van der Waals surface area contributed by atoms with E-state index in [0.717, 1.165) is 12.5 Å². The molecule has 1 aromatic heterocycles. The molecule has 0 saturated heterocycles. The minimum atomic E-state index is -0.654. The summed E-state index contributed by atoms with van der Waals surface area (Å²) in [6.07, 6.45) is 0.859. The van der Waals surface area contributed by atoms with Crippen molar-refractivity contribution in [1.82, 2.24) is 4.98 Å². The molecule has 90 valence electrons. The first-order chi connectivity index (χ1) is 7.60. The second kappa shape index (κ2) is 5.63. The molecule has 0 unspecified atom stereocenters. The molecule has 0 aliphatic rings. The van der Waals surface area contributed by atoms with Gasteiger partial charge in [0.25, 0.3) is 0 Å². The van der Waals surface area contributed by atoms with E-state index in [4.69, 9.17) is 0 Å². The lowest BCUT2D eigenvalue weighted by molar-refractivity contribution is 0.573. The van der Waals surface area contributed by atoms with Crippen LogP contribution in [0.3, 0.4) is 0 Å². The largest absolute Gasteiger partial charge is 0.368 e. The van der Waals surface area contributed by atoms with E-state index >= 15 is 0 Å². The Morgan fingerprint density at radius 2 is 2.00 bits per heavy atom. The lowest BCUT2D eigenvalue weighted by atomic mass is 10.3. The summed E-state index contributed by atoms with van der Waals surface area (Å²) in [5.74, 6) is -1.01. The Hall–Kier alpha value is -1.39. The molecule has 1 N–H and O–H groups in total. The first kappa shape index (κ1) is 12.7. The molecule has 0 saturated carbocycles. The van der Waals surface area contributed by atoms with Gasteiger partial charge in [-0.05, 0) is 13.3 Å². The molecule has 5 heteroatoms. The number of rotatable bonds is 5. The summed E-state index contributed by atoms with van der Waals surface area (Å²) in [5, 5.41) is 2.83. The van der Waals surface area contributed by atoms with Gasteiger partial charge >= 0.3 is 0 Å². The Kier molecular flexibility index (Phi) is 4.46. The Morgan fingerprint density at radius 1 is 1.31 bits per heavy atom. The smallest absolute Gasteiger partial charge is 0.168 e.